The summed E-state index contributed by atoms with van der Waals surface area (Å²) in [6.45, 7) is 0. The second-order valence-electron chi connectivity index (χ2n) is 2.77. The number of aliphatic carboxylic acids is 1. The Hall–Kier alpha value is -1.31. The summed E-state index contributed by atoms with van der Waals surface area (Å²) >= 11 is 0. The lowest BCUT2D eigenvalue weighted by Crippen LogP contribution is -2.34. The summed E-state index contributed by atoms with van der Waals surface area (Å²) in [7, 11) is 0. The molecule has 0 saturated heterocycles. The highest BCUT2D eigenvalue weighted by Crippen LogP contribution is 1.95. The average Bonchev–Trinajstić information content (AvgIpc) is 2.09. The molecule has 6 N–H and O–H groups in total. The molecule has 0 bridgehead atoms. The van der Waals surface area contributed by atoms with E-state index in [-0.39, 0.29) is 42.7 Å². The van der Waals surface area contributed by atoms with Crippen LogP contribution in [0.15, 0.2) is 11.0 Å². The second-order valence-corrected chi connectivity index (χ2v) is 2.77. The summed E-state index contributed by atoms with van der Waals surface area (Å²) in [5, 5.41) is 8.51. The maximum Gasteiger partial charge on any atom is 0.320 e. The van der Waals surface area contributed by atoms with Gasteiger partial charge in [0.1, 0.15) is 6.04 Å². The van der Waals surface area contributed by atoms with Crippen LogP contribution in [0.5, 0.6) is 0 Å². The number of nitrogen functional groups attached to an aromatic ring is 1. The summed E-state index contributed by atoms with van der Waals surface area (Å²) in [4.78, 5) is 27.4. The van der Waals surface area contributed by atoms with Crippen molar-refractivity contribution in [3.63, 3.8) is 0 Å². The van der Waals surface area contributed by atoms with E-state index in [1.165, 1.54) is 6.20 Å². The number of nitrogens with one attached hydrogen (secondary N) is 1. The van der Waals surface area contributed by atoms with Crippen LogP contribution in [0.1, 0.15) is 5.56 Å². The molecule has 1 aromatic heterocycles. The van der Waals surface area contributed by atoms with Gasteiger partial charge in [-0.3, -0.25) is 14.6 Å². The molecule has 1 heterocycles. The van der Waals surface area contributed by atoms with Crippen molar-refractivity contribution < 1.29 is 9.90 Å². The van der Waals surface area contributed by atoms with E-state index in [9.17, 15) is 9.59 Å². The number of carboxylic acid groups (broad SMARTS) is 1. The molecule has 0 aliphatic rings. The molecule has 0 amide bonds. The fourth-order valence-corrected chi connectivity index (χ4v) is 0.905. The number of hydrogen-bond acceptors (Lipinski definition) is 5. The second kappa shape index (κ2) is 7.04. The van der Waals surface area contributed by atoms with Gasteiger partial charge in [-0.2, -0.15) is 0 Å². The molecule has 1 rings (SSSR count). The third kappa shape index (κ3) is 4.47. The first-order valence-corrected chi connectivity index (χ1v) is 3.82. The monoisotopic (exact) mass is 270 g/mol. The van der Waals surface area contributed by atoms with Crippen LogP contribution in [0.4, 0.5) is 5.95 Å². The van der Waals surface area contributed by atoms with Crippen LogP contribution in [0.25, 0.3) is 0 Å². The van der Waals surface area contributed by atoms with Crippen LogP contribution < -0.4 is 17.0 Å². The summed E-state index contributed by atoms with van der Waals surface area (Å²) < 4.78 is 0. The molecule has 1 unspecified atom stereocenters. The zero-order valence-corrected chi connectivity index (χ0v) is 9.68. The van der Waals surface area contributed by atoms with E-state index in [4.69, 9.17) is 16.6 Å². The lowest BCUT2D eigenvalue weighted by Gasteiger charge is -2.04. The van der Waals surface area contributed by atoms with Gasteiger partial charge in [-0.05, 0) is 0 Å². The largest absolute Gasteiger partial charge is 0.480 e. The van der Waals surface area contributed by atoms with E-state index in [2.05, 4.69) is 9.97 Å². The van der Waals surface area contributed by atoms with Crippen LogP contribution >= 0.6 is 24.8 Å². The Kier molecular flexibility index (Phi) is 7.53. The van der Waals surface area contributed by atoms with Crippen molar-refractivity contribution >= 4 is 36.7 Å². The maximum absolute atomic E-state index is 11.2. The van der Waals surface area contributed by atoms with E-state index in [1.54, 1.807) is 0 Å². The fourth-order valence-electron chi connectivity index (χ4n) is 0.905. The van der Waals surface area contributed by atoms with Crippen molar-refractivity contribution in [1.82, 2.24) is 9.97 Å². The minimum atomic E-state index is -1.17. The summed E-state index contributed by atoms with van der Waals surface area (Å²) in [6, 6.07) is -1.11. The Morgan fingerprint density at radius 1 is 1.56 bits per heavy atom. The predicted molar refractivity (Wildman–Crippen MR) is 63.1 cm³/mol. The smallest absolute Gasteiger partial charge is 0.320 e. The lowest BCUT2D eigenvalue weighted by molar-refractivity contribution is -0.138. The Morgan fingerprint density at radius 2 is 2.12 bits per heavy atom. The highest BCUT2D eigenvalue weighted by Gasteiger charge is 2.14. The molecular formula is C7H12Cl2N4O3. The van der Waals surface area contributed by atoms with Gasteiger partial charge in [-0.1, -0.05) is 0 Å². The van der Waals surface area contributed by atoms with Crippen LogP contribution in [-0.2, 0) is 11.2 Å². The van der Waals surface area contributed by atoms with Crippen molar-refractivity contribution in [2.24, 2.45) is 5.73 Å². The Morgan fingerprint density at radius 3 is 2.56 bits per heavy atom. The number of aromatic amines is 1. The van der Waals surface area contributed by atoms with Crippen molar-refractivity contribution in [1.29, 1.82) is 0 Å². The third-order valence-corrected chi connectivity index (χ3v) is 1.65. The number of halogens is 2. The molecule has 0 radical (unpaired) electrons. The molecule has 92 valence electrons. The molecule has 1 aromatic rings. The summed E-state index contributed by atoms with van der Waals surface area (Å²) in [6.07, 6.45) is 1.15. The first-order valence-electron chi connectivity index (χ1n) is 3.82. The van der Waals surface area contributed by atoms with Gasteiger partial charge in [-0.15, -0.1) is 24.8 Å². The molecule has 16 heavy (non-hydrogen) atoms. The normalized spacial score (nSPS) is 10.8. The molecule has 0 aromatic carbocycles. The van der Waals surface area contributed by atoms with E-state index >= 15 is 0 Å². The minimum absolute atomic E-state index is 0. The molecule has 0 fully saturated rings. The first kappa shape index (κ1) is 17.1. The molecule has 0 saturated carbocycles. The average molecular weight is 271 g/mol. The lowest BCUT2D eigenvalue weighted by atomic mass is 10.1. The molecule has 9 heteroatoms. The Balaban J connectivity index is 0. The number of hydrogen-bond donors (Lipinski definition) is 4. The van der Waals surface area contributed by atoms with Crippen LogP contribution in [-0.4, -0.2) is 27.1 Å². The number of carbonyl (C=O) groups is 1. The van der Waals surface area contributed by atoms with Gasteiger partial charge in [0.05, 0.1) is 0 Å². The maximum atomic E-state index is 11.2. The van der Waals surface area contributed by atoms with Gasteiger partial charge in [0.25, 0.3) is 5.56 Å². The highest BCUT2D eigenvalue weighted by atomic mass is 35.5. The van der Waals surface area contributed by atoms with Gasteiger partial charge in [0, 0.05) is 18.2 Å². The van der Waals surface area contributed by atoms with Gasteiger partial charge < -0.3 is 16.6 Å². The fraction of sp³-hybridized carbons (Fsp3) is 0.286. The van der Waals surface area contributed by atoms with Gasteiger partial charge in [0.15, 0.2) is 5.95 Å². The number of nitrogens with two attached hydrogens (primary N) is 2. The van der Waals surface area contributed by atoms with Crippen molar-refractivity contribution in [2.45, 2.75) is 12.5 Å². The van der Waals surface area contributed by atoms with E-state index < -0.39 is 17.6 Å². The quantitative estimate of drug-likeness (QED) is 0.565. The third-order valence-electron chi connectivity index (χ3n) is 1.65. The molecule has 1 atom stereocenters. The van der Waals surface area contributed by atoms with Crippen LogP contribution in [0.2, 0.25) is 0 Å². The number of nitrogens with zero attached hydrogens (tertiary/aromatic N) is 1. The first-order chi connectivity index (χ1) is 6.50. The zero-order chi connectivity index (χ0) is 10.7. The van der Waals surface area contributed by atoms with Crippen molar-refractivity contribution in [3.8, 4) is 0 Å². The number of anilines is 1. The number of aromatic nitrogens is 2. The molecule has 0 aliphatic heterocycles. The standard InChI is InChI=1S/C7H10N4O3.2ClH/c8-4(6(13)14)1-3-2-10-7(9)11-5(3)12;;/h2,4H,1,8H2,(H,13,14)(H3,9,10,11,12);2*1H. The van der Waals surface area contributed by atoms with Crippen molar-refractivity contribution in [2.75, 3.05) is 5.73 Å². The van der Waals surface area contributed by atoms with Crippen molar-refractivity contribution in [3.05, 3.63) is 22.1 Å². The van der Waals surface area contributed by atoms with Gasteiger partial charge in [0.2, 0.25) is 0 Å². The highest BCUT2D eigenvalue weighted by molar-refractivity contribution is 5.85. The van der Waals surface area contributed by atoms with E-state index in [1.807, 2.05) is 0 Å². The van der Waals surface area contributed by atoms with Crippen LogP contribution in [0.3, 0.4) is 0 Å². The Labute approximate surface area is 103 Å². The molecule has 0 aliphatic carbocycles. The Bertz CT molecular complexity index is 409. The minimum Gasteiger partial charge on any atom is -0.480 e. The van der Waals surface area contributed by atoms with E-state index in [0.717, 1.165) is 0 Å². The number of rotatable bonds is 3. The van der Waals surface area contributed by atoms with E-state index in [0.29, 0.717) is 0 Å². The zero-order valence-electron chi connectivity index (χ0n) is 8.04. The number of carboxylic acids is 1. The SMILES string of the molecule is Cl.Cl.Nc1ncc(CC(N)C(=O)O)c(=O)[nH]1. The predicted octanol–water partition coefficient (Wildman–Crippen LogP) is -0.850. The topological polar surface area (TPSA) is 135 Å². The summed E-state index contributed by atoms with van der Waals surface area (Å²) in [5.74, 6) is -1.18. The molecule has 7 nitrogen and oxygen atoms in total. The molecule has 0 spiro atoms. The number of H-pyrrole nitrogens is 1. The van der Waals surface area contributed by atoms with Crippen LogP contribution in [0, 0.1) is 0 Å². The van der Waals surface area contributed by atoms with Gasteiger partial charge in [-0.25, -0.2) is 4.98 Å². The molecular weight excluding hydrogens is 259 g/mol. The van der Waals surface area contributed by atoms with Gasteiger partial charge >= 0.3 is 5.97 Å². The summed E-state index contributed by atoms with van der Waals surface area (Å²) in [5.41, 5.74) is 10.2.